The number of furan rings is 1. The van der Waals surface area contributed by atoms with Gasteiger partial charge in [-0.3, -0.25) is 14.6 Å². The van der Waals surface area contributed by atoms with Crippen LogP contribution in [0.4, 0.5) is 0 Å². The predicted octanol–water partition coefficient (Wildman–Crippen LogP) is 1.93. The number of rotatable bonds is 6. The predicted molar refractivity (Wildman–Crippen MR) is 89.5 cm³/mol. The monoisotopic (exact) mass is 336 g/mol. The minimum atomic E-state index is -0.379. The van der Waals surface area contributed by atoms with Gasteiger partial charge < -0.3 is 15.1 Å². The summed E-state index contributed by atoms with van der Waals surface area (Å²) in [5.74, 6) is -0.111. The number of carbonyl (C=O) groups excluding carboxylic acids is 2. The largest absolute Gasteiger partial charge is 0.467 e. The maximum Gasteiger partial charge on any atom is 0.270 e. The Morgan fingerprint density at radius 3 is 2.28 bits per heavy atom. The van der Waals surface area contributed by atoms with Crippen molar-refractivity contribution in [2.45, 2.75) is 13.1 Å². The van der Waals surface area contributed by atoms with Crippen molar-refractivity contribution in [2.75, 3.05) is 0 Å². The Labute approximate surface area is 144 Å². The third-order valence-corrected chi connectivity index (χ3v) is 3.37. The Morgan fingerprint density at radius 1 is 0.880 bits per heavy atom. The van der Waals surface area contributed by atoms with E-state index in [0.29, 0.717) is 5.76 Å². The molecule has 2 amide bonds. The minimum Gasteiger partial charge on any atom is -0.467 e. The zero-order valence-corrected chi connectivity index (χ0v) is 13.3. The van der Waals surface area contributed by atoms with Crippen molar-refractivity contribution in [2.24, 2.45) is 0 Å². The number of hydrogen-bond donors (Lipinski definition) is 2. The van der Waals surface area contributed by atoms with Crippen molar-refractivity contribution >= 4 is 11.8 Å². The molecule has 0 spiro atoms. The van der Waals surface area contributed by atoms with Crippen molar-refractivity contribution in [1.29, 1.82) is 0 Å². The summed E-state index contributed by atoms with van der Waals surface area (Å²) in [6, 6.07) is 13.7. The van der Waals surface area contributed by atoms with Gasteiger partial charge in [-0.1, -0.05) is 12.1 Å². The zero-order chi connectivity index (χ0) is 17.5. The van der Waals surface area contributed by atoms with E-state index in [1.54, 1.807) is 42.6 Å². The lowest BCUT2D eigenvalue weighted by molar-refractivity contribution is 0.0939. The molecular formula is C18H16N4O3. The van der Waals surface area contributed by atoms with Gasteiger partial charge in [-0.05, 0) is 36.4 Å². The topological polar surface area (TPSA) is 97.1 Å². The fourth-order valence-corrected chi connectivity index (χ4v) is 2.12. The van der Waals surface area contributed by atoms with Crippen LogP contribution >= 0.6 is 0 Å². The first-order valence-corrected chi connectivity index (χ1v) is 7.68. The summed E-state index contributed by atoms with van der Waals surface area (Å²) >= 11 is 0. The van der Waals surface area contributed by atoms with E-state index >= 15 is 0 Å². The Morgan fingerprint density at radius 2 is 1.64 bits per heavy atom. The standard InChI is InChI=1S/C18H16N4O3/c23-17(20-11-13-5-1-2-9-19-13)15-7-3-8-16(22-15)18(24)21-12-14-6-4-10-25-14/h1-10H,11-12H2,(H,20,23)(H,21,24). The van der Waals surface area contributed by atoms with Gasteiger partial charge in [0, 0.05) is 6.20 Å². The summed E-state index contributed by atoms with van der Waals surface area (Å²) in [4.78, 5) is 32.6. The van der Waals surface area contributed by atoms with Crippen LogP contribution in [0, 0.1) is 0 Å². The summed E-state index contributed by atoms with van der Waals surface area (Å²) < 4.78 is 5.15. The zero-order valence-electron chi connectivity index (χ0n) is 13.3. The summed E-state index contributed by atoms with van der Waals surface area (Å²) in [5, 5.41) is 5.41. The summed E-state index contributed by atoms with van der Waals surface area (Å²) in [5.41, 5.74) is 1.07. The SMILES string of the molecule is O=C(NCc1ccccn1)c1cccc(C(=O)NCc2ccco2)n1. The Bertz CT molecular complexity index is 848. The van der Waals surface area contributed by atoms with Gasteiger partial charge in [-0.25, -0.2) is 4.98 Å². The van der Waals surface area contributed by atoms with Gasteiger partial charge in [0.1, 0.15) is 17.1 Å². The molecule has 0 radical (unpaired) electrons. The van der Waals surface area contributed by atoms with Crippen molar-refractivity contribution in [3.8, 4) is 0 Å². The molecule has 7 heteroatoms. The maximum absolute atomic E-state index is 12.2. The molecule has 0 fully saturated rings. The number of amides is 2. The highest BCUT2D eigenvalue weighted by Crippen LogP contribution is 2.03. The molecule has 3 heterocycles. The Balaban J connectivity index is 1.60. The van der Waals surface area contributed by atoms with Crippen LogP contribution in [0.15, 0.2) is 65.4 Å². The molecular weight excluding hydrogens is 320 g/mol. The van der Waals surface area contributed by atoms with E-state index in [0.717, 1.165) is 5.69 Å². The number of nitrogens with one attached hydrogen (secondary N) is 2. The molecule has 0 saturated carbocycles. The normalized spacial score (nSPS) is 10.2. The van der Waals surface area contributed by atoms with Crippen LogP contribution in [-0.4, -0.2) is 21.8 Å². The van der Waals surface area contributed by atoms with E-state index in [9.17, 15) is 9.59 Å². The average molecular weight is 336 g/mol. The third-order valence-electron chi connectivity index (χ3n) is 3.37. The number of carbonyl (C=O) groups is 2. The highest BCUT2D eigenvalue weighted by Gasteiger charge is 2.12. The molecule has 2 N–H and O–H groups in total. The first-order chi connectivity index (χ1) is 12.2. The molecule has 0 aromatic carbocycles. The van der Waals surface area contributed by atoms with Crippen LogP contribution in [0.5, 0.6) is 0 Å². The molecule has 0 aliphatic heterocycles. The number of aromatic nitrogens is 2. The maximum atomic E-state index is 12.2. The number of nitrogens with zero attached hydrogens (tertiary/aromatic N) is 2. The Hall–Kier alpha value is -3.48. The van der Waals surface area contributed by atoms with Crippen LogP contribution in [0.25, 0.3) is 0 Å². The van der Waals surface area contributed by atoms with Crippen LogP contribution in [0.3, 0.4) is 0 Å². The molecule has 0 saturated heterocycles. The van der Waals surface area contributed by atoms with Gasteiger partial charge in [-0.2, -0.15) is 0 Å². The molecule has 0 aliphatic carbocycles. The van der Waals surface area contributed by atoms with Gasteiger partial charge in [-0.15, -0.1) is 0 Å². The first-order valence-electron chi connectivity index (χ1n) is 7.68. The van der Waals surface area contributed by atoms with Gasteiger partial charge in [0.05, 0.1) is 25.0 Å². The van der Waals surface area contributed by atoms with Crippen molar-refractivity contribution in [3.05, 3.63) is 83.8 Å². The van der Waals surface area contributed by atoms with Gasteiger partial charge in [0.2, 0.25) is 0 Å². The average Bonchev–Trinajstić information content (AvgIpc) is 3.18. The van der Waals surface area contributed by atoms with E-state index in [2.05, 4.69) is 20.6 Å². The van der Waals surface area contributed by atoms with Crippen LogP contribution in [-0.2, 0) is 13.1 Å². The van der Waals surface area contributed by atoms with Crippen LogP contribution in [0.1, 0.15) is 32.4 Å². The lowest BCUT2D eigenvalue weighted by Gasteiger charge is -2.06. The van der Waals surface area contributed by atoms with Gasteiger partial charge in [0.15, 0.2) is 0 Å². The molecule has 3 rings (SSSR count). The Kier molecular flexibility index (Phi) is 5.16. The fourth-order valence-electron chi connectivity index (χ4n) is 2.12. The molecule has 7 nitrogen and oxygen atoms in total. The van der Waals surface area contributed by atoms with Crippen molar-refractivity contribution < 1.29 is 14.0 Å². The van der Waals surface area contributed by atoms with Crippen LogP contribution in [0.2, 0.25) is 0 Å². The summed E-state index contributed by atoms with van der Waals surface area (Å²) in [7, 11) is 0. The fraction of sp³-hybridized carbons (Fsp3) is 0.111. The first kappa shape index (κ1) is 16.4. The molecule has 3 aromatic rings. The molecule has 0 bridgehead atoms. The molecule has 126 valence electrons. The van der Waals surface area contributed by atoms with Gasteiger partial charge >= 0.3 is 0 Å². The van der Waals surface area contributed by atoms with Crippen molar-refractivity contribution in [3.63, 3.8) is 0 Å². The second kappa shape index (κ2) is 7.87. The molecule has 0 unspecified atom stereocenters. The minimum absolute atomic E-state index is 0.164. The lowest BCUT2D eigenvalue weighted by Crippen LogP contribution is -2.27. The smallest absolute Gasteiger partial charge is 0.270 e. The number of hydrogen-bond acceptors (Lipinski definition) is 5. The highest BCUT2D eigenvalue weighted by atomic mass is 16.3. The molecule has 3 aromatic heterocycles. The van der Waals surface area contributed by atoms with E-state index in [-0.39, 0.29) is 36.3 Å². The van der Waals surface area contributed by atoms with Crippen LogP contribution < -0.4 is 10.6 Å². The third kappa shape index (κ3) is 4.51. The second-order valence-corrected chi connectivity index (χ2v) is 5.17. The van der Waals surface area contributed by atoms with Crippen molar-refractivity contribution in [1.82, 2.24) is 20.6 Å². The number of pyridine rings is 2. The lowest BCUT2D eigenvalue weighted by atomic mass is 10.2. The molecule has 0 atom stereocenters. The molecule has 0 aliphatic rings. The second-order valence-electron chi connectivity index (χ2n) is 5.17. The molecule has 25 heavy (non-hydrogen) atoms. The van der Waals surface area contributed by atoms with E-state index < -0.39 is 0 Å². The quantitative estimate of drug-likeness (QED) is 0.717. The van der Waals surface area contributed by atoms with E-state index in [4.69, 9.17) is 4.42 Å². The highest BCUT2D eigenvalue weighted by molar-refractivity contribution is 5.96. The van der Waals surface area contributed by atoms with E-state index in [1.165, 1.54) is 6.26 Å². The van der Waals surface area contributed by atoms with E-state index in [1.807, 2.05) is 12.1 Å². The summed E-state index contributed by atoms with van der Waals surface area (Å²) in [6.07, 6.45) is 3.19. The van der Waals surface area contributed by atoms with Gasteiger partial charge in [0.25, 0.3) is 11.8 Å². The summed E-state index contributed by atoms with van der Waals surface area (Å²) in [6.45, 7) is 0.542.